The molecule has 0 radical (unpaired) electrons. The largest absolute Gasteiger partial charge is 0.387 e. The molecule has 0 spiro atoms. The molecule has 0 saturated carbocycles. The average molecular weight is 257 g/mol. The fourth-order valence-electron chi connectivity index (χ4n) is 2.55. The number of hydrogen-bond acceptors (Lipinski definition) is 4. The number of hydrogen-bond donors (Lipinski definition) is 2. The van der Waals surface area contributed by atoms with Crippen LogP contribution in [-0.4, -0.2) is 72.7 Å². The van der Waals surface area contributed by atoms with E-state index in [1.165, 1.54) is 0 Å². The summed E-state index contributed by atoms with van der Waals surface area (Å²) in [5.41, 5.74) is -0.848. The van der Waals surface area contributed by atoms with Crippen molar-refractivity contribution in [2.45, 2.75) is 38.3 Å². The van der Waals surface area contributed by atoms with E-state index in [2.05, 4.69) is 12.2 Å². The first-order valence-electron chi connectivity index (χ1n) is 6.75. The molecule has 2 unspecified atom stereocenters. The molecule has 1 aliphatic rings. The molecule has 2 atom stereocenters. The number of nitrogens with zero attached hydrogens (tertiary/aromatic N) is 2. The van der Waals surface area contributed by atoms with Gasteiger partial charge in [-0.05, 0) is 40.4 Å². The highest BCUT2D eigenvalue weighted by Gasteiger charge is 2.35. The zero-order chi connectivity index (χ0) is 13.8. The summed E-state index contributed by atoms with van der Waals surface area (Å²) in [7, 11) is 3.85. The number of amides is 1. The lowest BCUT2D eigenvalue weighted by atomic mass is 10.1. The van der Waals surface area contributed by atoms with E-state index < -0.39 is 5.60 Å². The summed E-state index contributed by atoms with van der Waals surface area (Å²) >= 11 is 0. The van der Waals surface area contributed by atoms with Crippen LogP contribution in [0.5, 0.6) is 0 Å². The third-order valence-corrected chi connectivity index (χ3v) is 3.13. The SMILES string of the molecule is CCCNC1CCN(CC(C)(O)CN(C)C)C1=O. The van der Waals surface area contributed by atoms with Crippen molar-refractivity contribution in [3.63, 3.8) is 0 Å². The van der Waals surface area contributed by atoms with Gasteiger partial charge in [-0.2, -0.15) is 0 Å². The number of carbonyl (C=O) groups is 1. The van der Waals surface area contributed by atoms with Crippen molar-refractivity contribution in [2.75, 3.05) is 40.3 Å². The highest BCUT2D eigenvalue weighted by Crippen LogP contribution is 2.16. The number of rotatable bonds is 7. The van der Waals surface area contributed by atoms with Gasteiger partial charge < -0.3 is 20.2 Å². The lowest BCUT2D eigenvalue weighted by molar-refractivity contribution is -0.132. The molecule has 2 N–H and O–H groups in total. The number of likely N-dealkylation sites (N-methyl/N-ethyl adjacent to an activating group) is 1. The van der Waals surface area contributed by atoms with E-state index in [-0.39, 0.29) is 11.9 Å². The number of carbonyl (C=O) groups excluding carboxylic acids is 1. The van der Waals surface area contributed by atoms with Gasteiger partial charge in [-0.15, -0.1) is 0 Å². The van der Waals surface area contributed by atoms with Crippen LogP contribution >= 0.6 is 0 Å². The Balaban J connectivity index is 2.47. The summed E-state index contributed by atoms with van der Waals surface area (Å²) < 4.78 is 0. The number of aliphatic hydroxyl groups is 1. The maximum Gasteiger partial charge on any atom is 0.239 e. The molecule has 1 saturated heterocycles. The van der Waals surface area contributed by atoms with Crippen LogP contribution in [-0.2, 0) is 4.79 Å². The number of likely N-dealkylation sites (tertiary alicyclic amines) is 1. The quantitative estimate of drug-likeness (QED) is 0.669. The molecule has 1 amide bonds. The van der Waals surface area contributed by atoms with Crippen molar-refractivity contribution in [2.24, 2.45) is 0 Å². The van der Waals surface area contributed by atoms with Crippen molar-refractivity contribution in [1.29, 1.82) is 0 Å². The summed E-state index contributed by atoms with van der Waals surface area (Å²) in [5, 5.41) is 13.5. The Morgan fingerprint density at radius 1 is 1.56 bits per heavy atom. The Morgan fingerprint density at radius 2 is 2.22 bits per heavy atom. The summed E-state index contributed by atoms with van der Waals surface area (Å²) in [6, 6.07) is -0.0555. The lowest BCUT2D eigenvalue weighted by Gasteiger charge is -2.31. The standard InChI is InChI=1S/C13H27N3O2/c1-5-7-14-11-6-8-16(12(11)17)10-13(2,18)9-15(3)4/h11,14,18H,5-10H2,1-4H3. The normalized spacial score (nSPS) is 23.8. The van der Waals surface area contributed by atoms with Crippen LogP contribution in [0.2, 0.25) is 0 Å². The third-order valence-electron chi connectivity index (χ3n) is 3.13. The van der Waals surface area contributed by atoms with E-state index in [1.54, 1.807) is 11.8 Å². The fraction of sp³-hybridized carbons (Fsp3) is 0.923. The maximum absolute atomic E-state index is 12.1. The first-order valence-corrected chi connectivity index (χ1v) is 6.75. The molecule has 18 heavy (non-hydrogen) atoms. The van der Waals surface area contributed by atoms with Gasteiger partial charge in [0.2, 0.25) is 5.91 Å². The van der Waals surface area contributed by atoms with Crippen LogP contribution in [0.1, 0.15) is 26.7 Å². The molecule has 5 heteroatoms. The second-order valence-corrected chi connectivity index (χ2v) is 5.79. The van der Waals surface area contributed by atoms with Gasteiger partial charge >= 0.3 is 0 Å². The van der Waals surface area contributed by atoms with Gasteiger partial charge in [0.15, 0.2) is 0 Å². The zero-order valence-electron chi connectivity index (χ0n) is 12.1. The Bertz CT molecular complexity index is 279. The smallest absolute Gasteiger partial charge is 0.239 e. The van der Waals surface area contributed by atoms with E-state index in [1.807, 2.05) is 19.0 Å². The molecule has 0 aliphatic carbocycles. The third kappa shape index (κ3) is 4.55. The van der Waals surface area contributed by atoms with Crippen molar-refractivity contribution in [3.8, 4) is 0 Å². The molecular formula is C13H27N3O2. The molecule has 1 rings (SSSR count). The molecule has 106 valence electrons. The van der Waals surface area contributed by atoms with Crippen molar-refractivity contribution in [3.05, 3.63) is 0 Å². The van der Waals surface area contributed by atoms with Gasteiger partial charge in [-0.25, -0.2) is 0 Å². The molecule has 0 bridgehead atoms. The van der Waals surface area contributed by atoms with E-state index >= 15 is 0 Å². The van der Waals surface area contributed by atoms with Crippen LogP contribution in [0.4, 0.5) is 0 Å². The number of β-amino-alcohol motifs (C(OH)–C–C–N with tert-alkyl or cyclic N) is 1. The Kier molecular flexibility index (Phi) is 5.56. The molecule has 1 fully saturated rings. The minimum atomic E-state index is -0.848. The van der Waals surface area contributed by atoms with E-state index in [0.29, 0.717) is 13.1 Å². The van der Waals surface area contributed by atoms with Gasteiger partial charge in [-0.1, -0.05) is 6.92 Å². The van der Waals surface area contributed by atoms with Crippen LogP contribution in [0.25, 0.3) is 0 Å². The van der Waals surface area contributed by atoms with Crippen molar-refractivity contribution >= 4 is 5.91 Å². The Hall–Kier alpha value is -0.650. The van der Waals surface area contributed by atoms with Crippen LogP contribution in [0.15, 0.2) is 0 Å². The van der Waals surface area contributed by atoms with E-state index in [0.717, 1.165) is 25.9 Å². The first-order chi connectivity index (χ1) is 8.35. The van der Waals surface area contributed by atoms with Crippen molar-refractivity contribution < 1.29 is 9.90 Å². The summed E-state index contributed by atoms with van der Waals surface area (Å²) in [4.78, 5) is 15.8. The van der Waals surface area contributed by atoms with Gasteiger partial charge in [-0.3, -0.25) is 4.79 Å². The minimum Gasteiger partial charge on any atom is -0.387 e. The van der Waals surface area contributed by atoms with Crippen molar-refractivity contribution in [1.82, 2.24) is 15.1 Å². The Labute approximate surface area is 110 Å². The summed E-state index contributed by atoms with van der Waals surface area (Å²) in [6.45, 7) is 6.46. The molecule has 0 aromatic carbocycles. The summed E-state index contributed by atoms with van der Waals surface area (Å²) in [5.74, 6) is 0.127. The molecular weight excluding hydrogens is 230 g/mol. The zero-order valence-corrected chi connectivity index (χ0v) is 12.1. The van der Waals surface area contributed by atoms with Gasteiger partial charge in [0.05, 0.1) is 18.2 Å². The highest BCUT2D eigenvalue weighted by molar-refractivity contribution is 5.84. The van der Waals surface area contributed by atoms with Crippen LogP contribution < -0.4 is 5.32 Å². The predicted molar refractivity (Wildman–Crippen MR) is 72.5 cm³/mol. The second kappa shape index (κ2) is 6.50. The van der Waals surface area contributed by atoms with Gasteiger partial charge in [0.25, 0.3) is 0 Å². The fourth-order valence-corrected chi connectivity index (χ4v) is 2.55. The lowest BCUT2D eigenvalue weighted by Crippen LogP contribution is -2.49. The number of nitrogens with one attached hydrogen (secondary N) is 1. The topological polar surface area (TPSA) is 55.8 Å². The van der Waals surface area contributed by atoms with E-state index in [4.69, 9.17) is 0 Å². The second-order valence-electron chi connectivity index (χ2n) is 5.79. The molecule has 0 aromatic heterocycles. The molecule has 1 aliphatic heterocycles. The molecule has 1 heterocycles. The average Bonchev–Trinajstić information content (AvgIpc) is 2.55. The van der Waals surface area contributed by atoms with Crippen LogP contribution in [0, 0.1) is 0 Å². The highest BCUT2D eigenvalue weighted by atomic mass is 16.3. The first kappa shape index (κ1) is 15.4. The van der Waals surface area contributed by atoms with Crippen LogP contribution in [0.3, 0.4) is 0 Å². The Morgan fingerprint density at radius 3 is 2.78 bits per heavy atom. The maximum atomic E-state index is 12.1. The molecule has 0 aromatic rings. The monoisotopic (exact) mass is 257 g/mol. The van der Waals surface area contributed by atoms with E-state index in [9.17, 15) is 9.90 Å². The van der Waals surface area contributed by atoms with Gasteiger partial charge in [0, 0.05) is 13.1 Å². The minimum absolute atomic E-state index is 0.0555. The predicted octanol–water partition coefficient (Wildman–Crippen LogP) is -0.100. The molecule has 5 nitrogen and oxygen atoms in total. The van der Waals surface area contributed by atoms with Gasteiger partial charge in [0.1, 0.15) is 0 Å². The summed E-state index contributed by atoms with van der Waals surface area (Å²) in [6.07, 6.45) is 1.87.